The smallest absolute Gasteiger partial charge is 0.283 e. The molecule has 6 nitrogen and oxygen atoms in total. The summed E-state index contributed by atoms with van der Waals surface area (Å²) in [6.07, 6.45) is 1.67. The Kier molecular flexibility index (Phi) is 7.60. The number of benzene rings is 3. The molecule has 0 saturated carbocycles. The predicted octanol–water partition coefficient (Wildman–Crippen LogP) is 5.85. The molecule has 0 bridgehead atoms. The van der Waals surface area contributed by atoms with Gasteiger partial charge in [0.2, 0.25) is 0 Å². The zero-order chi connectivity index (χ0) is 24.9. The van der Waals surface area contributed by atoms with Gasteiger partial charge >= 0.3 is 0 Å². The molecule has 0 fully saturated rings. The van der Waals surface area contributed by atoms with Gasteiger partial charge in [-0.2, -0.15) is 10.1 Å². The van der Waals surface area contributed by atoms with Crippen molar-refractivity contribution in [2.24, 2.45) is 5.10 Å². The van der Waals surface area contributed by atoms with Gasteiger partial charge < -0.3 is 9.47 Å². The Morgan fingerprint density at radius 1 is 1.09 bits per heavy atom. The Labute approximate surface area is 216 Å². The summed E-state index contributed by atoms with van der Waals surface area (Å²) >= 11 is 2.11. The van der Waals surface area contributed by atoms with Gasteiger partial charge in [-0.3, -0.25) is 9.59 Å². The van der Waals surface area contributed by atoms with Crippen LogP contribution in [0.2, 0.25) is 0 Å². The SMILES string of the molecule is CCOc1cc(/C=C2/C(=O)N(C(=O)c3ccccc3)N=C2C)cc(I)c1OCc1ccccc1F. The van der Waals surface area contributed by atoms with Gasteiger partial charge in [0.05, 0.1) is 21.5 Å². The van der Waals surface area contributed by atoms with Crippen LogP contribution in [0.4, 0.5) is 4.39 Å². The molecule has 0 saturated heterocycles. The van der Waals surface area contributed by atoms with E-state index in [4.69, 9.17) is 9.47 Å². The molecule has 2 amide bonds. The third-order valence-electron chi connectivity index (χ3n) is 5.25. The van der Waals surface area contributed by atoms with Crippen molar-refractivity contribution >= 4 is 46.2 Å². The summed E-state index contributed by atoms with van der Waals surface area (Å²) in [7, 11) is 0. The van der Waals surface area contributed by atoms with Crippen molar-refractivity contribution < 1.29 is 23.5 Å². The van der Waals surface area contributed by atoms with Crippen molar-refractivity contribution in [1.82, 2.24) is 5.01 Å². The van der Waals surface area contributed by atoms with Gasteiger partial charge in [-0.15, -0.1) is 0 Å². The molecule has 0 N–H and O–H groups in total. The van der Waals surface area contributed by atoms with E-state index in [0.717, 1.165) is 8.58 Å². The van der Waals surface area contributed by atoms with Crippen LogP contribution < -0.4 is 9.47 Å². The first-order valence-electron chi connectivity index (χ1n) is 10.9. The molecular weight excluding hydrogens is 562 g/mol. The number of rotatable bonds is 7. The van der Waals surface area contributed by atoms with Crippen molar-refractivity contribution in [2.45, 2.75) is 20.5 Å². The summed E-state index contributed by atoms with van der Waals surface area (Å²) in [6.45, 7) is 3.97. The fourth-order valence-corrected chi connectivity index (χ4v) is 4.31. The highest BCUT2D eigenvalue weighted by atomic mass is 127. The molecule has 0 aromatic heterocycles. The highest BCUT2D eigenvalue weighted by Crippen LogP contribution is 2.36. The third-order valence-corrected chi connectivity index (χ3v) is 6.05. The summed E-state index contributed by atoms with van der Waals surface area (Å²) < 4.78 is 26.4. The lowest BCUT2D eigenvalue weighted by Gasteiger charge is -2.15. The van der Waals surface area contributed by atoms with E-state index in [1.165, 1.54) is 6.07 Å². The van der Waals surface area contributed by atoms with E-state index in [0.29, 0.717) is 46.1 Å². The van der Waals surface area contributed by atoms with Crippen molar-refractivity contribution in [1.29, 1.82) is 0 Å². The summed E-state index contributed by atoms with van der Waals surface area (Å²) in [5.41, 5.74) is 2.24. The topological polar surface area (TPSA) is 68.2 Å². The normalized spacial score (nSPS) is 14.3. The Hall–Kier alpha value is -3.53. The zero-order valence-electron chi connectivity index (χ0n) is 19.1. The van der Waals surface area contributed by atoms with Gasteiger partial charge in [0, 0.05) is 11.1 Å². The van der Waals surface area contributed by atoms with Crippen LogP contribution in [0.15, 0.2) is 77.4 Å². The summed E-state index contributed by atoms with van der Waals surface area (Å²) in [5, 5.41) is 5.07. The van der Waals surface area contributed by atoms with Gasteiger partial charge in [0.15, 0.2) is 11.5 Å². The molecule has 0 atom stereocenters. The minimum Gasteiger partial charge on any atom is -0.490 e. The fourth-order valence-electron chi connectivity index (χ4n) is 3.53. The number of hydrogen-bond acceptors (Lipinski definition) is 5. The van der Waals surface area contributed by atoms with Crippen molar-refractivity contribution in [3.05, 3.63) is 98.4 Å². The number of nitrogens with zero attached hydrogens (tertiary/aromatic N) is 2. The van der Waals surface area contributed by atoms with Crippen molar-refractivity contribution in [2.75, 3.05) is 6.61 Å². The highest BCUT2D eigenvalue weighted by Gasteiger charge is 2.33. The number of hydrazone groups is 1. The summed E-state index contributed by atoms with van der Waals surface area (Å²) in [4.78, 5) is 25.8. The molecule has 178 valence electrons. The summed E-state index contributed by atoms with van der Waals surface area (Å²) in [5.74, 6) is -0.364. The largest absolute Gasteiger partial charge is 0.490 e. The molecule has 8 heteroatoms. The molecule has 0 radical (unpaired) electrons. The second kappa shape index (κ2) is 10.8. The number of amides is 2. The average Bonchev–Trinajstić information content (AvgIpc) is 3.13. The number of hydrogen-bond donors (Lipinski definition) is 0. The maximum absolute atomic E-state index is 14.0. The van der Waals surface area contributed by atoms with Crippen LogP contribution >= 0.6 is 22.6 Å². The Morgan fingerprint density at radius 2 is 1.80 bits per heavy atom. The number of carbonyl (C=O) groups excluding carboxylic acids is 2. The van der Waals surface area contributed by atoms with Crippen LogP contribution in [0.5, 0.6) is 11.5 Å². The molecule has 0 unspecified atom stereocenters. The Balaban J connectivity index is 1.60. The molecule has 0 aliphatic carbocycles. The Morgan fingerprint density at radius 3 is 2.51 bits per heavy atom. The number of carbonyl (C=O) groups is 2. The second-order valence-electron chi connectivity index (χ2n) is 7.67. The van der Waals surface area contributed by atoms with Crippen LogP contribution in [0.3, 0.4) is 0 Å². The van der Waals surface area contributed by atoms with E-state index in [-0.39, 0.29) is 12.4 Å². The molecule has 0 spiro atoms. The first-order chi connectivity index (χ1) is 16.9. The number of ether oxygens (including phenoxy) is 2. The molecular formula is C27H22FIN2O4. The van der Waals surface area contributed by atoms with Crippen LogP contribution in [0.1, 0.15) is 35.3 Å². The van der Waals surface area contributed by atoms with Crippen LogP contribution in [-0.4, -0.2) is 29.1 Å². The van der Waals surface area contributed by atoms with Crippen LogP contribution in [-0.2, 0) is 11.4 Å². The van der Waals surface area contributed by atoms with Crippen molar-refractivity contribution in [3.63, 3.8) is 0 Å². The van der Waals surface area contributed by atoms with Crippen molar-refractivity contribution in [3.8, 4) is 11.5 Å². The van der Waals surface area contributed by atoms with Gasteiger partial charge in [-0.1, -0.05) is 36.4 Å². The predicted molar refractivity (Wildman–Crippen MR) is 140 cm³/mol. The monoisotopic (exact) mass is 584 g/mol. The van der Waals surface area contributed by atoms with Crippen LogP contribution in [0.25, 0.3) is 6.08 Å². The Bertz CT molecular complexity index is 1340. The lowest BCUT2D eigenvalue weighted by atomic mass is 10.1. The average molecular weight is 584 g/mol. The number of imide groups is 1. The van der Waals surface area contributed by atoms with Gasteiger partial charge in [0.25, 0.3) is 11.8 Å². The van der Waals surface area contributed by atoms with Gasteiger partial charge in [-0.05, 0) is 78.4 Å². The first-order valence-corrected chi connectivity index (χ1v) is 12.0. The highest BCUT2D eigenvalue weighted by molar-refractivity contribution is 14.1. The molecule has 1 heterocycles. The van der Waals surface area contributed by atoms with Gasteiger partial charge in [-0.25, -0.2) is 4.39 Å². The van der Waals surface area contributed by atoms with E-state index >= 15 is 0 Å². The van der Waals surface area contributed by atoms with E-state index in [9.17, 15) is 14.0 Å². The minimum absolute atomic E-state index is 0.0456. The van der Waals surface area contributed by atoms with E-state index in [1.54, 1.807) is 67.6 Å². The molecule has 1 aliphatic heterocycles. The molecule has 1 aliphatic rings. The minimum atomic E-state index is -0.496. The molecule has 4 rings (SSSR count). The van der Waals surface area contributed by atoms with Crippen LogP contribution in [0, 0.1) is 9.39 Å². The van der Waals surface area contributed by atoms with E-state index in [2.05, 4.69) is 27.7 Å². The maximum atomic E-state index is 14.0. The lowest BCUT2D eigenvalue weighted by Crippen LogP contribution is -2.29. The molecule has 3 aromatic carbocycles. The second-order valence-corrected chi connectivity index (χ2v) is 8.84. The number of halogens is 2. The molecule has 35 heavy (non-hydrogen) atoms. The summed E-state index contributed by atoms with van der Waals surface area (Å²) in [6, 6.07) is 18.5. The molecule has 3 aromatic rings. The third kappa shape index (κ3) is 5.43. The standard InChI is InChI=1S/C27H22FIN2O4/c1-3-34-24-15-18(14-23(29)25(24)35-16-20-11-7-8-12-22(20)28)13-21-17(2)30-31(27(21)33)26(32)19-9-5-4-6-10-19/h4-15H,3,16H2,1-2H3/b21-13+. The fraction of sp³-hybridized carbons (Fsp3) is 0.148. The zero-order valence-corrected chi connectivity index (χ0v) is 21.3. The first kappa shape index (κ1) is 24.6. The lowest BCUT2D eigenvalue weighted by molar-refractivity contribution is -0.123. The van der Waals surface area contributed by atoms with E-state index in [1.807, 2.05) is 13.0 Å². The quantitative estimate of drug-likeness (QED) is 0.199. The maximum Gasteiger partial charge on any atom is 0.283 e. The van der Waals surface area contributed by atoms with Gasteiger partial charge in [0.1, 0.15) is 12.4 Å². The van der Waals surface area contributed by atoms with E-state index < -0.39 is 11.8 Å².